The third-order valence-electron chi connectivity index (χ3n) is 5.45. The van der Waals surface area contributed by atoms with Crippen molar-refractivity contribution in [2.45, 2.75) is 38.5 Å². The SMILES string of the molecule is C1=CC[C@@]23CSC[C@@]2(C1)CC1(CC1)C3. The maximum Gasteiger partial charge on any atom is -0.000168 e. The van der Waals surface area contributed by atoms with Gasteiger partial charge in [0.15, 0.2) is 0 Å². The molecule has 0 aromatic heterocycles. The van der Waals surface area contributed by atoms with Crippen LogP contribution in [0.1, 0.15) is 38.5 Å². The van der Waals surface area contributed by atoms with Crippen molar-refractivity contribution < 1.29 is 0 Å². The summed E-state index contributed by atoms with van der Waals surface area (Å²) in [6.07, 6.45) is 14.0. The lowest BCUT2D eigenvalue weighted by atomic mass is 9.62. The van der Waals surface area contributed by atoms with Crippen LogP contribution in [0.3, 0.4) is 0 Å². The van der Waals surface area contributed by atoms with Crippen molar-refractivity contribution in [1.82, 2.24) is 0 Å². The first-order valence-corrected chi connectivity index (χ1v) is 7.17. The normalized spacial score (nSPS) is 52.0. The molecule has 0 radical (unpaired) electrons. The zero-order valence-electron chi connectivity index (χ0n) is 8.72. The molecule has 1 heteroatoms. The molecule has 14 heavy (non-hydrogen) atoms. The smallest absolute Gasteiger partial charge is 0.000168 e. The third kappa shape index (κ3) is 0.801. The van der Waals surface area contributed by atoms with E-state index in [1.807, 2.05) is 0 Å². The molecule has 2 atom stereocenters. The van der Waals surface area contributed by atoms with Gasteiger partial charge < -0.3 is 0 Å². The van der Waals surface area contributed by atoms with Gasteiger partial charge in [-0.05, 0) is 66.3 Å². The van der Waals surface area contributed by atoms with E-state index < -0.39 is 0 Å². The van der Waals surface area contributed by atoms with Crippen LogP contribution < -0.4 is 0 Å². The minimum absolute atomic E-state index is 0.753. The molecule has 0 aromatic carbocycles. The van der Waals surface area contributed by atoms with E-state index in [1.165, 1.54) is 24.3 Å². The Morgan fingerprint density at radius 3 is 1.93 bits per heavy atom. The zero-order valence-corrected chi connectivity index (χ0v) is 9.54. The van der Waals surface area contributed by atoms with E-state index in [0.717, 1.165) is 16.2 Å². The number of allylic oxidation sites excluding steroid dienone is 2. The first-order chi connectivity index (χ1) is 6.79. The van der Waals surface area contributed by atoms with E-state index >= 15 is 0 Å². The summed E-state index contributed by atoms with van der Waals surface area (Å²) in [6.45, 7) is 0. The van der Waals surface area contributed by atoms with Gasteiger partial charge >= 0.3 is 0 Å². The third-order valence-corrected chi connectivity index (χ3v) is 6.96. The van der Waals surface area contributed by atoms with Crippen LogP contribution in [0, 0.1) is 16.2 Å². The molecule has 0 aromatic rings. The number of thioether (sulfide) groups is 1. The minimum Gasteiger partial charge on any atom is -0.161 e. The summed E-state index contributed by atoms with van der Waals surface area (Å²) in [5.41, 5.74) is 2.36. The van der Waals surface area contributed by atoms with Crippen LogP contribution in [-0.2, 0) is 0 Å². The number of hydrogen-bond donors (Lipinski definition) is 0. The highest BCUT2D eigenvalue weighted by Gasteiger charge is 2.68. The largest absolute Gasteiger partial charge is 0.161 e. The van der Waals surface area contributed by atoms with Gasteiger partial charge in [-0.15, -0.1) is 0 Å². The second-order valence-corrected chi connectivity index (χ2v) is 7.27. The van der Waals surface area contributed by atoms with Crippen molar-refractivity contribution in [3.63, 3.8) is 0 Å². The Balaban J connectivity index is 1.82. The maximum absolute atomic E-state index is 2.48. The molecule has 3 fully saturated rings. The number of rotatable bonds is 0. The lowest BCUT2D eigenvalue weighted by Crippen LogP contribution is -2.37. The molecule has 1 saturated heterocycles. The Kier molecular flexibility index (Phi) is 1.34. The summed E-state index contributed by atoms with van der Waals surface area (Å²) in [5, 5.41) is 0. The molecule has 1 heterocycles. The number of hydrogen-bond acceptors (Lipinski definition) is 1. The molecular formula is C13H18S. The summed E-state index contributed by atoms with van der Waals surface area (Å²) in [4.78, 5) is 0. The van der Waals surface area contributed by atoms with Crippen molar-refractivity contribution >= 4 is 11.8 Å². The molecule has 0 nitrogen and oxygen atoms in total. The van der Waals surface area contributed by atoms with Gasteiger partial charge in [-0.3, -0.25) is 0 Å². The molecular weight excluding hydrogens is 188 g/mol. The van der Waals surface area contributed by atoms with Crippen LogP contribution in [0.25, 0.3) is 0 Å². The molecule has 0 bridgehead atoms. The van der Waals surface area contributed by atoms with E-state index in [4.69, 9.17) is 0 Å². The fourth-order valence-electron chi connectivity index (χ4n) is 4.57. The lowest BCUT2D eigenvalue weighted by Gasteiger charge is -2.41. The Labute approximate surface area is 90.5 Å². The van der Waals surface area contributed by atoms with Gasteiger partial charge in [-0.25, -0.2) is 0 Å². The molecule has 0 N–H and O–H groups in total. The average molecular weight is 206 g/mol. The van der Waals surface area contributed by atoms with Crippen LogP contribution in [0.15, 0.2) is 12.2 Å². The van der Waals surface area contributed by atoms with Crippen LogP contribution in [0.4, 0.5) is 0 Å². The van der Waals surface area contributed by atoms with Crippen LogP contribution in [-0.4, -0.2) is 11.5 Å². The van der Waals surface area contributed by atoms with Gasteiger partial charge in [-0.2, -0.15) is 11.8 Å². The highest BCUT2D eigenvalue weighted by atomic mass is 32.2. The first-order valence-electron chi connectivity index (χ1n) is 6.01. The van der Waals surface area contributed by atoms with Gasteiger partial charge in [-0.1, -0.05) is 12.2 Å². The van der Waals surface area contributed by atoms with Crippen molar-refractivity contribution in [2.24, 2.45) is 16.2 Å². The highest BCUT2D eigenvalue weighted by Crippen LogP contribution is 2.76. The lowest BCUT2D eigenvalue weighted by molar-refractivity contribution is 0.131. The van der Waals surface area contributed by atoms with Gasteiger partial charge in [0.25, 0.3) is 0 Å². The van der Waals surface area contributed by atoms with Crippen LogP contribution >= 0.6 is 11.8 Å². The van der Waals surface area contributed by atoms with Crippen molar-refractivity contribution in [2.75, 3.05) is 11.5 Å². The molecule has 0 unspecified atom stereocenters. The Bertz CT molecular complexity index is 289. The Morgan fingerprint density at radius 1 is 0.857 bits per heavy atom. The van der Waals surface area contributed by atoms with Gasteiger partial charge in [0.05, 0.1) is 0 Å². The van der Waals surface area contributed by atoms with E-state index in [9.17, 15) is 0 Å². The Morgan fingerprint density at radius 2 is 1.43 bits per heavy atom. The van der Waals surface area contributed by atoms with Gasteiger partial charge in [0.1, 0.15) is 0 Å². The maximum atomic E-state index is 2.48. The van der Waals surface area contributed by atoms with E-state index in [1.54, 1.807) is 25.7 Å². The van der Waals surface area contributed by atoms with Crippen molar-refractivity contribution in [3.8, 4) is 0 Å². The molecule has 2 saturated carbocycles. The predicted octanol–water partition coefficient (Wildman–Crippen LogP) is 3.63. The molecule has 1 aliphatic heterocycles. The standard InChI is InChI=1S/C13H18S/c1-2-4-13-8-11(5-6-11)7-12(13,3-1)9-14-10-13/h1-2H,3-10H2/t12-,13-/m1/s1. The second kappa shape index (κ2) is 2.26. The first kappa shape index (κ1) is 8.27. The summed E-state index contributed by atoms with van der Waals surface area (Å²) in [6, 6.07) is 0. The monoisotopic (exact) mass is 206 g/mol. The summed E-state index contributed by atoms with van der Waals surface area (Å²) in [7, 11) is 0. The minimum atomic E-state index is 0.753. The van der Waals surface area contributed by atoms with Crippen LogP contribution in [0.5, 0.6) is 0 Å². The Hall–Kier alpha value is 0.0900. The fraction of sp³-hybridized carbons (Fsp3) is 0.846. The van der Waals surface area contributed by atoms with Gasteiger partial charge in [0, 0.05) is 0 Å². The molecule has 4 rings (SSSR count). The molecule has 4 aliphatic rings. The fourth-order valence-corrected chi connectivity index (χ4v) is 6.50. The molecule has 76 valence electrons. The van der Waals surface area contributed by atoms with Crippen molar-refractivity contribution in [3.05, 3.63) is 12.2 Å². The second-order valence-electron chi connectivity index (χ2n) is 6.29. The highest BCUT2D eigenvalue weighted by molar-refractivity contribution is 7.99. The van der Waals surface area contributed by atoms with E-state index in [0.29, 0.717) is 0 Å². The summed E-state index contributed by atoms with van der Waals surface area (Å²) in [5.74, 6) is 2.94. The average Bonchev–Trinajstić information content (AvgIpc) is 2.71. The molecule has 0 amide bonds. The van der Waals surface area contributed by atoms with Gasteiger partial charge in [0.2, 0.25) is 0 Å². The van der Waals surface area contributed by atoms with E-state index in [-0.39, 0.29) is 0 Å². The topological polar surface area (TPSA) is 0 Å². The van der Waals surface area contributed by atoms with Crippen LogP contribution in [0.2, 0.25) is 0 Å². The molecule has 3 aliphatic carbocycles. The summed E-state index contributed by atoms with van der Waals surface area (Å²) < 4.78 is 0. The predicted molar refractivity (Wildman–Crippen MR) is 61.5 cm³/mol. The van der Waals surface area contributed by atoms with Crippen molar-refractivity contribution in [1.29, 1.82) is 0 Å². The zero-order chi connectivity index (χ0) is 9.28. The van der Waals surface area contributed by atoms with E-state index in [2.05, 4.69) is 23.9 Å². The quantitative estimate of drug-likeness (QED) is 0.545. The molecule has 1 spiro atoms. The summed E-state index contributed by atoms with van der Waals surface area (Å²) >= 11 is 2.24.